The van der Waals surface area contributed by atoms with E-state index in [4.69, 9.17) is 15.3 Å². The molecule has 0 saturated heterocycles. The van der Waals surface area contributed by atoms with Crippen molar-refractivity contribution in [2.75, 3.05) is 0 Å². The summed E-state index contributed by atoms with van der Waals surface area (Å²) in [5.74, 6) is -6.29. The van der Waals surface area contributed by atoms with Gasteiger partial charge < -0.3 is 15.3 Å². The smallest absolute Gasteiger partial charge is 0.332 e. The van der Waals surface area contributed by atoms with E-state index in [1.54, 1.807) is 0 Å². The monoisotopic (exact) mass is 285 g/mol. The summed E-state index contributed by atoms with van der Waals surface area (Å²) in [7, 11) is 0. The van der Waals surface area contributed by atoms with Gasteiger partial charge in [-0.05, 0) is 6.42 Å². The van der Waals surface area contributed by atoms with Gasteiger partial charge in [0.1, 0.15) is 6.04 Å². The van der Waals surface area contributed by atoms with Gasteiger partial charge in [-0.25, -0.2) is 9.59 Å². The van der Waals surface area contributed by atoms with E-state index < -0.39 is 60.6 Å². The number of hydrogen-bond acceptors (Lipinski definition) is 5. The Morgan fingerprint density at radius 2 is 1.80 bits per heavy atom. The largest absolute Gasteiger partial charge is 0.481 e. The standard InChI is InChI=1S/C11H11NO8/c13-7-3-5(10(17)18)4-8(14)12(7)6(11(19)20)1-2-9(15)16/h3,6H,1-2,4H2,(H,15,16)(H,17,18)(H,19,20). The Balaban J connectivity index is 3.00. The minimum absolute atomic E-state index is 0.387. The zero-order valence-electron chi connectivity index (χ0n) is 10.1. The van der Waals surface area contributed by atoms with E-state index in [1.165, 1.54) is 0 Å². The van der Waals surface area contributed by atoms with E-state index in [2.05, 4.69) is 0 Å². The van der Waals surface area contributed by atoms with Gasteiger partial charge in [-0.3, -0.25) is 19.3 Å². The van der Waals surface area contributed by atoms with Crippen molar-refractivity contribution in [1.82, 2.24) is 4.90 Å². The zero-order chi connectivity index (χ0) is 15.4. The SMILES string of the molecule is O=C(O)CCC(C(=O)O)N1C(=O)C=C(C(=O)O)CC1=O. The molecule has 108 valence electrons. The van der Waals surface area contributed by atoms with Gasteiger partial charge in [-0.15, -0.1) is 0 Å². The number of carbonyl (C=O) groups excluding carboxylic acids is 2. The van der Waals surface area contributed by atoms with E-state index in [0.29, 0.717) is 11.0 Å². The molecule has 0 aromatic carbocycles. The second-order valence-corrected chi connectivity index (χ2v) is 4.04. The first kappa shape index (κ1) is 15.3. The molecule has 0 aromatic heterocycles. The zero-order valence-corrected chi connectivity index (χ0v) is 10.1. The Hall–Kier alpha value is -2.71. The molecule has 1 heterocycles. The van der Waals surface area contributed by atoms with Crippen LogP contribution in [0.4, 0.5) is 0 Å². The normalized spacial score (nSPS) is 16.6. The van der Waals surface area contributed by atoms with Crippen molar-refractivity contribution in [2.45, 2.75) is 25.3 Å². The van der Waals surface area contributed by atoms with Crippen LogP contribution in [0.1, 0.15) is 19.3 Å². The molecule has 0 bridgehead atoms. The lowest BCUT2D eigenvalue weighted by Crippen LogP contribution is -2.50. The van der Waals surface area contributed by atoms with Crippen molar-refractivity contribution in [3.63, 3.8) is 0 Å². The minimum Gasteiger partial charge on any atom is -0.481 e. The van der Waals surface area contributed by atoms with Gasteiger partial charge >= 0.3 is 17.9 Å². The molecule has 20 heavy (non-hydrogen) atoms. The number of nitrogens with zero attached hydrogens (tertiary/aromatic N) is 1. The van der Waals surface area contributed by atoms with Crippen molar-refractivity contribution in [1.29, 1.82) is 0 Å². The fourth-order valence-corrected chi connectivity index (χ4v) is 1.73. The molecule has 1 unspecified atom stereocenters. The van der Waals surface area contributed by atoms with Crippen LogP contribution in [-0.4, -0.2) is 56.0 Å². The summed E-state index contributed by atoms with van der Waals surface area (Å²) < 4.78 is 0. The molecule has 0 spiro atoms. The summed E-state index contributed by atoms with van der Waals surface area (Å²) in [6, 6.07) is -1.63. The lowest BCUT2D eigenvalue weighted by Gasteiger charge is -2.28. The lowest BCUT2D eigenvalue weighted by molar-refractivity contribution is -0.158. The van der Waals surface area contributed by atoms with Gasteiger partial charge in [0.05, 0.1) is 12.0 Å². The molecule has 0 aromatic rings. The third-order valence-electron chi connectivity index (χ3n) is 2.65. The van der Waals surface area contributed by atoms with E-state index in [1.807, 2.05) is 0 Å². The molecule has 1 atom stereocenters. The summed E-state index contributed by atoms with van der Waals surface area (Å²) in [6.45, 7) is 0. The molecule has 2 amide bonds. The second kappa shape index (κ2) is 5.95. The molecule has 0 fully saturated rings. The third kappa shape index (κ3) is 3.40. The number of rotatable bonds is 6. The number of amides is 2. The number of carboxylic acids is 3. The average Bonchev–Trinajstić information content (AvgIpc) is 2.31. The van der Waals surface area contributed by atoms with Crippen LogP contribution < -0.4 is 0 Å². The second-order valence-electron chi connectivity index (χ2n) is 4.04. The predicted octanol–water partition coefficient (Wildman–Crippen LogP) is -0.926. The Morgan fingerprint density at radius 1 is 1.20 bits per heavy atom. The molecule has 0 saturated carbocycles. The van der Waals surface area contributed by atoms with Gasteiger partial charge in [-0.2, -0.15) is 0 Å². The molecule has 1 aliphatic heterocycles. The van der Waals surface area contributed by atoms with Crippen LogP contribution in [0.25, 0.3) is 0 Å². The number of carboxylic acid groups (broad SMARTS) is 3. The van der Waals surface area contributed by atoms with Gasteiger partial charge in [0, 0.05) is 12.5 Å². The molecule has 9 heteroatoms. The van der Waals surface area contributed by atoms with E-state index in [0.717, 1.165) is 0 Å². The molecular formula is C11H11NO8. The highest BCUT2D eigenvalue weighted by Crippen LogP contribution is 2.19. The van der Waals surface area contributed by atoms with Crippen molar-refractivity contribution in [2.24, 2.45) is 0 Å². The van der Waals surface area contributed by atoms with Crippen molar-refractivity contribution in [3.05, 3.63) is 11.6 Å². The fourth-order valence-electron chi connectivity index (χ4n) is 1.73. The number of carbonyl (C=O) groups is 5. The van der Waals surface area contributed by atoms with Gasteiger partial charge in [-0.1, -0.05) is 0 Å². The summed E-state index contributed by atoms with van der Waals surface area (Å²) in [6.07, 6.45) is -0.930. The maximum atomic E-state index is 11.7. The van der Waals surface area contributed by atoms with Crippen LogP contribution in [0.3, 0.4) is 0 Å². The number of aliphatic carboxylic acids is 3. The Morgan fingerprint density at radius 3 is 2.20 bits per heavy atom. The maximum absolute atomic E-state index is 11.7. The topological polar surface area (TPSA) is 149 Å². The maximum Gasteiger partial charge on any atom is 0.332 e. The molecule has 0 aliphatic carbocycles. The van der Waals surface area contributed by atoms with Gasteiger partial charge in [0.15, 0.2) is 0 Å². The summed E-state index contributed by atoms with van der Waals surface area (Å²) in [4.78, 5) is 55.9. The molecule has 1 rings (SSSR count). The summed E-state index contributed by atoms with van der Waals surface area (Å²) >= 11 is 0. The van der Waals surface area contributed by atoms with Crippen molar-refractivity contribution >= 4 is 29.7 Å². The summed E-state index contributed by atoms with van der Waals surface area (Å²) in [5, 5.41) is 26.2. The lowest BCUT2D eigenvalue weighted by atomic mass is 10.0. The minimum atomic E-state index is -1.63. The summed E-state index contributed by atoms with van der Waals surface area (Å²) in [5.41, 5.74) is -0.432. The number of imide groups is 1. The average molecular weight is 285 g/mol. The van der Waals surface area contributed by atoms with E-state index in [9.17, 15) is 24.0 Å². The first-order valence-corrected chi connectivity index (χ1v) is 5.48. The highest BCUT2D eigenvalue weighted by atomic mass is 16.4. The van der Waals surface area contributed by atoms with Crippen LogP contribution in [0.5, 0.6) is 0 Å². The molecule has 1 aliphatic rings. The van der Waals surface area contributed by atoms with Crippen LogP contribution >= 0.6 is 0 Å². The van der Waals surface area contributed by atoms with E-state index >= 15 is 0 Å². The van der Waals surface area contributed by atoms with Gasteiger partial charge in [0.2, 0.25) is 5.91 Å². The molecule has 9 nitrogen and oxygen atoms in total. The highest BCUT2D eigenvalue weighted by molar-refractivity contribution is 6.12. The van der Waals surface area contributed by atoms with Crippen LogP contribution in [0.2, 0.25) is 0 Å². The number of hydrogen-bond donors (Lipinski definition) is 3. The predicted molar refractivity (Wildman–Crippen MR) is 60.5 cm³/mol. The van der Waals surface area contributed by atoms with E-state index in [-0.39, 0.29) is 0 Å². The first-order chi connectivity index (χ1) is 9.23. The molecular weight excluding hydrogens is 274 g/mol. The Kier molecular flexibility index (Phi) is 4.57. The first-order valence-electron chi connectivity index (χ1n) is 5.48. The third-order valence-corrected chi connectivity index (χ3v) is 2.65. The Bertz CT molecular complexity index is 521. The highest BCUT2D eigenvalue weighted by Gasteiger charge is 2.38. The molecule has 3 N–H and O–H groups in total. The van der Waals surface area contributed by atoms with Crippen LogP contribution in [0.15, 0.2) is 11.6 Å². The van der Waals surface area contributed by atoms with Crippen molar-refractivity contribution < 1.29 is 39.3 Å². The quantitative estimate of drug-likeness (QED) is 0.530. The van der Waals surface area contributed by atoms with Crippen LogP contribution in [-0.2, 0) is 24.0 Å². The Labute approximate surface area is 112 Å². The molecule has 0 radical (unpaired) electrons. The van der Waals surface area contributed by atoms with Crippen LogP contribution in [0, 0.1) is 0 Å². The van der Waals surface area contributed by atoms with Crippen molar-refractivity contribution in [3.8, 4) is 0 Å². The van der Waals surface area contributed by atoms with Gasteiger partial charge in [0.25, 0.3) is 5.91 Å². The fraction of sp³-hybridized carbons (Fsp3) is 0.364.